The van der Waals surface area contributed by atoms with Gasteiger partial charge < -0.3 is 10.6 Å². The molecule has 3 aromatic rings. The molecule has 2 N–H and O–H groups in total. The zero-order chi connectivity index (χ0) is 26.4. The number of nitrogens with one attached hydrogen (secondary N) is 2. The SMILES string of the molecule is Cc1cc(F)ccc1NC(=O)CC1C(=O)Nc2cc(Cl)ccc2N1S(=O)(=O)c1ccc(Cl)c(C)c1Cl. The summed E-state index contributed by atoms with van der Waals surface area (Å²) in [4.78, 5) is 25.8. The van der Waals surface area contributed by atoms with E-state index in [0.29, 0.717) is 16.8 Å². The molecular weight excluding hydrogens is 552 g/mol. The molecule has 0 aliphatic carbocycles. The molecule has 0 saturated heterocycles. The first-order valence-electron chi connectivity index (χ1n) is 10.6. The number of fused-ring (bicyclic) bond motifs is 1. The first-order valence-corrected chi connectivity index (χ1v) is 13.1. The Kier molecular flexibility index (Phi) is 7.21. The smallest absolute Gasteiger partial charge is 0.266 e. The Hall–Kier alpha value is -2.85. The largest absolute Gasteiger partial charge is 0.326 e. The van der Waals surface area contributed by atoms with Crippen molar-refractivity contribution in [3.05, 3.63) is 80.5 Å². The first-order chi connectivity index (χ1) is 16.9. The molecular formula is C24H19Cl3FN3O4S. The van der Waals surface area contributed by atoms with Crippen LogP contribution in [0, 0.1) is 19.7 Å². The predicted octanol–water partition coefficient (Wildman–Crippen LogP) is 5.95. The van der Waals surface area contributed by atoms with Crippen molar-refractivity contribution >= 4 is 73.7 Å². The number of hydrogen-bond acceptors (Lipinski definition) is 4. The average molecular weight is 571 g/mol. The number of carbonyl (C=O) groups excluding carboxylic acids is 2. The molecule has 188 valence electrons. The van der Waals surface area contributed by atoms with E-state index in [9.17, 15) is 22.4 Å². The second-order valence-electron chi connectivity index (χ2n) is 8.16. The fourth-order valence-electron chi connectivity index (χ4n) is 3.85. The first kappa shape index (κ1) is 26.2. The van der Waals surface area contributed by atoms with Gasteiger partial charge in [0, 0.05) is 15.7 Å². The van der Waals surface area contributed by atoms with Crippen LogP contribution in [0.2, 0.25) is 15.1 Å². The summed E-state index contributed by atoms with van der Waals surface area (Å²) in [6.45, 7) is 3.17. The quantitative estimate of drug-likeness (QED) is 0.396. The van der Waals surface area contributed by atoms with Crippen LogP contribution in [-0.2, 0) is 19.6 Å². The van der Waals surface area contributed by atoms with Gasteiger partial charge in [0.1, 0.15) is 16.8 Å². The predicted molar refractivity (Wildman–Crippen MR) is 139 cm³/mol. The highest BCUT2D eigenvalue weighted by Gasteiger charge is 2.43. The second-order valence-corrected chi connectivity index (χ2v) is 11.2. The number of halogens is 4. The zero-order valence-corrected chi connectivity index (χ0v) is 22.0. The topological polar surface area (TPSA) is 95.6 Å². The standard InChI is InChI=1S/C24H19Cl3FN3O4S/c1-12-9-15(28)4-6-17(12)29-22(32)11-20-24(33)30-18-10-14(25)3-7-19(18)31(20)36(34,35)21-8-5-16(26)13(2)23(21)27/h3-10,20H,11H2,1-2H3,(H,29,32)(H,30,33). The Morgan fingerprint density at radius 1 is 1.08 bits per heavy atom. The average Bonchev–Trinajstić information content (AvgIpc) is 2.79. The van der Waals surface area contributed by atoms with E-state index < -0.39 is 40.1 Å². The third-order valence-electron chi connectivity index (χ3n) is 5.70. The Labute approximate surface area is 222 Å². The van der Waals surface area contributed by atoms with Gasteiger partial charge in [0.2, 0.25) is 11.8 Å². The number of benzene rings is 3. The van der Waals surface area contributed by atoms with Crippen LogP contribution >= 0.6 is 34.8 Å². The van der Waals surface area contributed by atoms with E-state index in [4.69, 9.17) is 34.8 Å². The Morgan fingerprint density at radius 3 is 2.50 bits per heavy atom. The maximum atomic E-state index is 13.9. The summed E-state index contributed by atoms with van der Waals surface area (Å²) < 4.78 is 42.1. The van der Waals surface area contributed by atoms with Crippen LogP contribution in [0.4, 0.5) is 21.5 Å². The molecule has 0 fully saturated rings. The fourth-order valence-corrected chi connectivity index (χ4v) is 6.44. The molecule has 12 heteroatoms. The molecule has 3 aromatic carbocycles. The number of carbonyl (C=O) groups is 2. The number of nitrogens with zero attached hydrogens (tertiary/aromatic N) is 1. The normalized spacial score (nSPS) is 15.3. The minimum Gasteiger partial charge on any atom is -0.326 e. The molecule has 4 rings (SSSR count). The molecule has 0 aromatic heterocycles. The summed E-state index contributed by atoms with van der Waals surface area (Å²) in [6.07, 6.45) is -0.534. The summed E-state index contributed by atoms with van der Waals surface area (Å²) >= 11 is 18.5. The fraction of sp³-hybridized carbons (Fsp3) is 0.167. The van der Waals surface area contributed by atoms with E-state index in [1.165, 1.54) is 48.5 Å². The van der Waals surface area contributed by atoms with Crippen molar-refractivity contribution in [1.82, 2.24) is 0 Å². The van der Waals surface area contributed by atoms with Crippen LogP contribution in [0.15, 0.2) is 53.4 Å². The number of rotatable bonds is 5. The maximum absolute atomic E-state index is 13.9. The number of aryl methyl sites for hydroxylation is 1. The van der Waals surface area contributed by atoms with Crippen LogP contribution in [0.5, 0.6) is 0 Å². The van der Waals surface area contributed by atoms with Gasteiger partial charge in [-0.15, -0.1) is 0 Å². The van der Waals surface area contributed by atoms with Gasteiger partial charge >= 0.3 is 0 Å². The number of amides is 2. The van der Waals surface area contributed by atoms with Gasteiger partial charge in [0.05, 0.1) is 22.8 Å². The maximum Gasteiger partial charge on any atom is 0.266 e. The lowest BCUT2D eigenvalue weighted by Gasteiger charge is -2.37. The molecule has 1 heterocycles. The van der Waals surface area contributed by atoms with Gasteiger partial charge in [-0.05, 0) is 73.5 Å². The van der Waals surface area contributed by atoms with Gasteiger partial charge in [-0.2, -0.15) is 0 Å². The molecule has 1 aliphatic rings. The van der Waals surface area contributed by atoms with E-state index in [2.05, 4.69) is 10.6 Å². The van der Waals surface area contributed by atoms with Crippen LogP contribution in [0.3, 0.4) is 0 Å². The van der Waals surface area contributed by atoms with E-state index in [1.54, 1.807) is 13.8 Å². The van der Waals surface area contributed by atoms with Crippen LogP contribution < -0.4 is 14.9 Å². The van der Waals surface area contributed by atoms with Crippen LogP contribution in [0.1, 0.15) is 17.5 Å². The van der Waals surface area contributed by atoms with Crippen molar-refractivity contribution < 1.29 is 22.4 Å². The van der Waals surface area contributed by atoms with E-state index in [1.807, 2.05) is 0 Å². The van der Waals surface area contributed by atoms with E-state index in [0.717, 1.165) is 4.31 Å². The Balaban J connectivity index is 1.78. The van der Waals surface area contributed by atoms with Gasteiger partial charge in [0.15, 0.2) is 0 Å². The third-order valence-corrected chi connectivity index (χ3v) is 8.81. The zero-order valence-electron chi connectivity index (χ0n) is 18.9. The molecule has 1 aliphatic heterocycles. The van der Waals surface area contributed by atoms with Crippen LogP contribution in [0.25, 0.3) is 0 Å². The van der Waals surface area contributed by atoms with Crippen molar-refractivity contribution in [2.75, 3.05) is 14.9 Å². The van der Waals surface area contributed by atoms with Crippen molar-refractivity contribution in [3.63, 3.8) is 0 Å². The van der Waals surface area contributed by atoms with Crippen molar-refractivity contribution in [3.8, 4) is 0 Å². The summed E-state index contributed by atoms with van der Waals surface area (Å²) in [6, 6.07) is 9.28. The highest BCUT2D eigenvalue weighted by Crippen LogP contribution is 2.41. The molecule has 0 saturated carbocycles. The minimum atomic E-state index is -4.46. The lowest BCUT2D eigenvalue weighted by molar-refractivity contribution is -0.122. The van der Waals surface area contributed by atoms with Gasteiger partial charge in [-0.1, -0.05) is 34.8 Å². The molecule has 1 unspecified atom stereocenters. The van der Waals surface area contributed by atoms with Crippen LogP contribution in [-0.4, -0.2) is 26.3 Å². The highest BCUT2D eigenvalue weighted by atomic mass is 35.5. The van der Waals surface area contributed by atoms with E-state index >= 15 is 0 Å². The summed E-state index contributed by atoms with van der Waals surface area (Å²) in [5.41, 5.74) is 1.40. The molecule has 0 bridgehead atoms. The van der Waals surface area contributed by atoms with Gasteiger partial charge in [0.25, 0.3) is 10.0 Å². The summed E-state index contributed by atoms with van der Waals surface area (Å²) in [5, 5.41) is 5.66. The van der Waals surface area contributed by atoms with Crippen molar-refractivity contribution in [2.24, 2.45) is 0 Å². The number of hydrogen-bond donors (Lipinski definition) is 2. The second kappa shape index (κ2) is 9.89. The monoisotopic (exact) mass is 569 g/mol. The third kappa shape index (κ3) is 4.88. The van der Waals surface area contributed by atoms with Crippen molar-refractivity contribution in [2.45, 2.75) is 31.2 Å². The molecule has 0 radical (unpaired) electrons. The summed E-state index contributed by atoms with van der Waals surface area (Å²) in [5.74, 6) is -1.86. The lowest BCUT2D eigenvalue weighted by Crippen LogP contribution is -2.52. The lowest BCUT2D eigenvalue weighted by atomic mass is 10.1. The minimum absolute atomic E-state index is 0.103. The van der Waals surface area contributed by atoms with Gasteiger partial charge in [-0.3, -0.25) is 13.9 Å². The Bertz CT molecular complexity index is 1510. The number of anilines is 3. The molecule has 0 spiro atoms. The number of sulfonamides is 1. The molecule has 36 heavy (non-hydrogen) atoms. The summed E-state index contributed by atoms with van der Waals surface area (Å²) in [7, 11) is -4.46. The molecule has 7 nitrogen and oxygen atoms in total. The van der Waals surface area contributed by atoms with Gasteiger partial charge in [-0.25, -0.2) is 12.8 Å². The van der Waals surface area contributed by atoms with E-state index in [-0.39, 0.29) is 31.3 Å². The molecule has 2 amide bonds. The van der Waals surface area contributed by atoms with Crippen molar-refractivity contribution in [1.29, 1.82) is 0 Å². The molecule has 1 atom stereocenters. The Morgan fingerprint density at radius 2 is 1.81 bits per heavy atom. The highest BCUT2D eigenvalue weighted by molar-refractivity contribution is 7.93.